The summed E-state index contributed by atoms with van der Waals surface area (Å²) >= 11 is 0. The number of anilines is 1. The average Bonchev–Trinajstić information content (AvgIpc) is 2.87. The Morgan fingerprint density at radius 2 is 1.68 bits per heavy atom. The molecule has 208 valence electrons. The molecule has 0 spiro atoms. The van der Waals surface area contributed by atoms with Gasteiger partial charge >= 0.3 is 0 Å². The number of hydrogen-bond acceptors (Lipinski definition) is 4. The van der Waals surface area contributed by atoms with Crippen LogP contribution in [0.5, 0.6) is 0 Å². The second kappa shape index (κ2) is 13.3. The number of carbonyl (C=O) groups is 2. The van der Waals surface area contributed by atoms with Crippen LogP contribution in [0.15, 0.2) is 48.5 Å². The number of sulfonamides is 1. The standard InChI is InChI=1S/C30H43N3O4S/c1-6-28(30(35)31-26-13-8-7-9-14-26)32(20-24-12-10-11-23(4)19-24)29(34)21-33(38(5,36)37)27-17-15-25(16-18-27)22(2)3/h10-12,15-19,22,26,28H,6-9,13-14,20-21H2,1-5H3,(H,31,35)/t28-/m0/s1. The topological polar surface area (TPSA) is 86.8 Å². The quantitative estimate of drug-likeness (QED) is 0.427. The average molecular weight is 542 g/mol. The highest BCUT2D eigenvalue weighted by molar-refractivity contribution is 7.92. The first-order valence-electron chi connectivity index (χ1n) is 13.7. The highest BCUT2D eigenvalue weighted by Crippen LogP contribution is 2.24. The van der Waals surface area contributed by atoms with E-state index in [0.717, 1.165) is 52.9 Å². The van der Waals surface area contributed by atoms with Gasteiger partial charge in [-0.3, -0.25) is 13.9 Å². The molecule has 0 unspecified atom stereocenters. The second-order valence-electron chi connectivity index (χ2n) is 10.8. The summed E-state index contributed by atoms with van der Waals surface area (Å²) in [5.74, 6) is -0.279. The van der Waals surface area contributed by atoms with E-state index in [1.807, 2.05) is 50.2 Å². The molecule has 0 aromatic heterocycles. The molecular weight excluding hydrogens is 498 g/mol. The van der Waals surface area contributed by atoms with Gasteiger partial charge in [0.25, 0.3) is 0 Å². The fraction of sp³-hybridized carbons (Fsp3) is 0.533. The van der Waals surface area contributed by atoms with Gasteiger partial charge < -0.3 is 10.2 Å². The molecule has 38 heavy (non-hydrogen) atoms. The molecule has 0 heterocycles. The van der Waals surface area contributed by atoms with E-state index in [4.69, 9.17) is 0 Å². The Morgan fingerprint density at radius 3 is 2.24 bits per heavy atom. The number of hydrogen-bond donors (Lipinski definition) is 1. The van der Waals surface area contributed by atoms with E-state index in [0.29, 0.717) is 18.0 Å². The van der Waals surface area contributed by atoms with Gasteiger partial charge in [-0.25, -0.2) is 8.42 Å². The van der Waals surface area contributed by atoms with Gasteiger partial charge in [-0.2, -0.15) is 0 Å². The molecule has 7 nitrogen and oxygen atoms in total. The molecule has 3 rings (SSSR count). The lowest BCUT2D eigenvalue weighted by Gasteiger charge is -2.34. The van der Waals surface area contributed by atoms with Gasteiger partial charge in [-0.05, 0) is 55.4 Å². The molecule has 0 bridgehead atoms. The van der Waals surface area contributed by atoms with Crippen molar-refractivity contribution < 1.29 is 18.0 Å². The fourth-order valence-electron chi connectivity index (χ4n) is 5.11. The molecule has 0 aliphatic heterocycles. The number of amides is 2. The van der Waals surface area contributed by atoms with E-state index in [1.54, 1.807) is 17.0 Å². The van der Waals surface area contributed by atoms with Crippen molar-refractivity contribution in [1.82, 2.24) is 10.2 Å². The van der Waals surface area contributed by atoms with Crippen molar-refractivity contribution in [3.63, 3.8) is 0 Å². The molecule has 1 fully saturated rings. The van der Waals surface area contributed by atoms with Crippen LogP contribution in [0.1, 0.15) is 81.9 Å². The third-order valence-electron chi connectivity index (χ3n) is 7.30. The van der Waals surface area contributed by atoms with Crippen LogP contribution < -0.4 is 9.62 Å². The highest BCUT2D eigenvalue weighted by atomic mass is 32.2. The van der Waals surface area contributed by atoms with Crippen LogP contribution in [-0.4, -0.2) is 50.0 Å². The van der Waals surface area contributed by atoms with Gasteiger partial charge in [0, 0.05) is 12.6 Å². The SMILES string of the molecule is CC[C@@H](C(=O)NC1CCCCC1)N(Cc1cccc(C)c1)C(=O)CN(c1ccc(C(C)C)cc1)S(C)(=O)=O. The van der Waals surface area contributed by atoms with Crippen molar-refractivity contribution in [3.05, 3.63) is 65.2 Å². The second-order valence-corrected chi connectivity index (χ2v) is 12.7. The summed E-state index contributed by atoms with van der Waals surface area (Å²) in [7, 11) is -3.75. The van der Waals surface area contributed by atoms with Crippen molar-refractivity contribution >= 4 is 27.5 Å². The number of carbonyl (C=O) groups excluding carboxylic acids is 2. The summed E-state index contributed by atoms with van der Waals surface area (Å²) < 4.78 is 26.8. The van der Waals surface area contributed by atoms with Gasteiger partial charge in [0.05, 0.1) is 11.9 Å². The van der Waals surface area contributed by atoms with Crippen molar-refractivity contribution in [2.24, 2.45) is 0 Å². The van der Waals surface area contributed by atoms with E-state index < -0.39 is 22.0 Å². The molecule has 1 saturated carbocycles. The van der Waals surface area contributed by atoms with E-state index in [-0.39, 0.29) is 25.0 Å². The zero-order valence-electron chi connectivity index (χ0n) is 23.4. The Morgan fingerprint density at radius 1 is 1.03 bits per heavy atom. The normalized spacial score (nSPS) is 15.2. The maximum absolute atomic E-state index is 13.9. The van der Waals surface area contributed by atoms with Crippen molar-refractivity contribution in [1.29, 1.82) is 0 Å². The lowest BCUT2D eigenvalue weighted by molar-refractivity contribution is -0.140. The van der Waals surface area contributed by atoms with Crippen molar-refractivity contribution in [3.8, 4) is 0 Å². The minimum absolute atomic E-state index is 0.119. The first-order chi connectivity index (χ1) is 18.0. The Labute approximate surface area is 228 Å². The Hall–Kier alpha value is -2.87. The summed E-state index contributed by atoms with van der Waals surface area (Å²) in [6, 6.07) is 14.5. The molecule has 2 aromatic carbocycles. The molecular formula is C30H43N3O4S. The summed E-state index contributed by atoms with van der Waals surface area (Å²) in [5.41, 5.74) is 3.47. The molecule has 0 radical (unpaired) electrons. The van der Waals surface area contributed by atoms with Crippen LogP contribution in [0.4, 0.5) is 5.69 Å². The molecule has 2 amide bonds. The van der Waals surface area contributed by atoms with Gasteiger partial charge in [-0.1, -0.05) is 82.0 Å². The molecule has 2 aromatic rings. The summed E-state index contributed by atoms with van der Waals surface area (Å²) in [5, 5.41) is 3.17. The van der Waals surface area contributed by atoms with Crippen LogP contribution in [0.3, 0.4) is 0 Å². The van der Waals surface area contributed by atoms with Crippen LogP contribution in [0.2, 0.25) is 0 Å². The first-order valence-corrected chi connectivity index (χ1v) is 15.6. The molecule has 1 atom stereocenters. The maximum atomic E-state index is 13.9. The maximum Gasteiger partial charge on any atom is 0.244 e. The van der Waals surface area contributed by atoms with E-state index in [2.05, 4.69) is 19.2 Å². The zero-order chi connectivity index (χ0) is 27.9. The fourth-order valence-corrected chi connectivity index (χ4v) is 5.96. The molecule has 8 heteroatoms. The lowest BCUT2D eigenvalue weighted by atomic mass is 9.95. The Kier molecular flexibility index (Phi) is 10.4. The van der Waals surface area contributed by atoms with Crippen molar-refractivity contribution in [2.45, 2.75) is 90.8 Å². The predicted molar refractivity (Wildman–Crippen MR) is 154 cm³/mol. The van der Waals surface area contributed by atoms with E-state index in [1.165, 1.54) is 6.42 Å². The lowest BCUT2D eigenvalue weighted by Crippen LogP contribution is -2.53. The van der Waals surface area contributed by atoms with Crippen LogP contribution in [0, 0.1) is 6.92 Å². The number of nitrogens with zero attached hydrogens (tertiary/aromatic N) is 2. The molecule has 0 saturated heterocycles. The van der Waals surface area contributed by atoms with Gasteiger partial charge in [0.2, 0.25) is 21.8 Å². The monoisotopic (exact) mass is 541 g/mol. The Bertz CT molecular complexity index is 1190. The summed E-state index contributed by atoms with van der Waals surface area (Å²) in [4.78, 5) is 28.9. The minimum Gasteiger partial charge on any atom is -0.352 e. The van der Waals surface area contributed by atoms with Gasteiger partial charge in [-0.15, -0.1) is 0 Å². The number of rotatable bonds is 11. The van der Waals surface area contributed by atoms with Crippen molar-refractivity contribution in [2.75, 3.05) is 17.1 Å². The van der Waals surface area contributed by atoms with E-state index >= 15 is 0 Å². The summed E-state index contributed by atoms with van der Waals surface area (Å²) in [6.45, 7) is 7.86. The number of nitrogens with one attached hydrogen (secondary N) is 1. The molecule has 1 N–H and O–H groups in total. The van der Waals surface area contributed by atoms with Crippen LogP contribution in [-0.2, 0) is 26.2 Å². The largest absolute Gasteiger partial charge is 0.352 e. The van der Waals surface area contributed by atoms with Crippen LogP contribution >= 0.6 is 0 Å². The molecule has 1 aliphatic rings. The zero-order valence-corrected chi connectivity index (χ0v) is 24.3. The highest BCUT2D eigenvalue weighted by Gasteiger charge is 2.32. The van der Waals surface area contributed by atoms with E-state index in [9.17, 15) is 18.0 Å². The first kappa shape index (κ1) is 29.7. The summed E-state index contributed by atoms with van der Waals surface area (Å²) in [6.07, 6.45) is 6.79. The van der Waals surface area contributed by atoms with Gasteiger partial charge in [0.15, 0.2) is 0 Å². The number of benzene rings is 2. The Balaban J connectivity index is 1.91. The third kappa shape index (κ3) is 8.06. The minimum atomic E-state index is -3.75. The number of aryl methyl sites for hydroxylation is 1. The smallest absolute Gasteiger partial charge is 0.244 e. The molecule has 1 aliphatic carbocycles. The van der Waals surface area contributed by atoms with Gasteiger partial charge in [0.1, 0.15) is 12.6 Å². The predicted octanol–water partition coefficient (Wildman–Crippen LogP) is 5.14. The van der Waals surface area contributed by atoms with Crippen LogP contribution in [0.25, 0.3) is 0 Å². The third-order valence-corrected chi connectivity index (χ3v) is 8.44.